The zero-order valence-electron chi connectivity index (χ0n) is 14.6. The van der Waals surface area contributed by atoms with Crippen LogP contribution in [-0.2, 0) is 10.0 Å². The first kappa shape index (κ1) is 18.0. The van der Waals surface area contributed by atoms with Crippen LogP contribution < -0.4 is 4.90 Å². The van der Waals surface area contributed by atoms with Crippen molar-refractivity contribution in [3.05, 3.63) is 47.4 Å². The Kier molecular flexibility index (Phi) is 4.67. The highest BCUT2D eigenvalue weighted by Crippen LogP contribution is 2.25. The largest absolute Gasteiger partial charge is 0.420 e. The van der Waals surface area contributed by atoms with Crippen LogP contribution in [0.1, 0.15) is 5.89 Å². The summed E-state index contributed by atoms with van der Waals surface area (Å²) >= 11 is 6.05. The second-order valence-corrected chi connectivity index (χ2v) is 8.62. The number of rotatable bonds is 4. The summed E-state index contributed by atoms with van der Waals surface area (Å²) < 4.78 is 32.7. The number of piperazine rings is 1. The summed E-state index contributed by atoms with van der Waals surface area (Å²) in [6.45, 7) is 3.67. The van der Waals surface area contributed by atoms with Crippen LogP contribution in [0.3, 0.4) is 0 Å². The normalized spacial score (nSPS) is 16.0. The maximum Gasteiger partial charge on any atom is 0.264 e. The molecule has 0 radical (unpaired) electrons. The van der Waals surface area contributed by atoms with Gasteiger partial charge in [-0.3, -0.25) is 0 Å². The summed E-state index contributed by atoms with van der Waals surface area (Å²) in [5.41, 5.74) is 1.47. The Morgan fingerprint density at radius 3 is 2.59 bits per heavy atom. The van der Waals surface area contributed by atoms with Crippen LogP contribution in [-0.4, -0.2) is 54.1 Å². The highest BCUT2D eigenvalue weighted by Gasteiger charge is 2.30. The first-order chi connectivity index (χ1) is 12.9. The van der Waals surface area contributed by atoms with Gasteiger partial charge in [-0.15, -0.1) is 10.2 Å². The molecule has 1 aliphatic rings. The Bertz CT molecular complexity index is 1050. The monoisotopic (exact) mass is 407 g/mol. The second kappa shape index (κ2) is 6.99. The predicted octanol–water partition coefficient (Wildman–Crippen LogP) is 2.54. The summed E-state index contributed by atoms with van der Waals surface area (Å²) in [5, 5.41) is 8.32. The first-order valence-electron chi connectivity index (χ1n) is 8.43. The number of aromatic nitrogens is 3. The minimum atomic E-state index is -3.60. The van der Waals surface area contributed by atoms with Crippen molar-refractivity contribution in [3.63, 3.8) is 0 Å². The number of halogens is 1. The van der Waals surface area contributed by atoms with Crippen molar-refractivity contribution in [2.45, 2.75) is 11.8 Å². The topological polar surface area (TPSA) is 95.3 Å². The summed E-state index contributed by atoms with van der Waals surface area (Å²) in [5.74, 6) is 0.681. The van der Waals surface area contributed by atoms with Crippen molar-refractivity contribution < 1.29 is 12.8 Å². The molecule has 0 aliphatic carbocycles. The molecule has 10 heteroatoms. The number of nitrogens with one attached hydrogen (secondary N) is 1. The molecule has 1 saturated heterocycles. The van der Waals surface area contributed by atoms with Crippen LogP contribution in [0.25, 0.3) is 11.6 Å². The quantitative estimate of drug-likeness (QED) is 0.714. The fraction of sp³-hybridized carbons (Fsp3) is 0.294. The van der Waals surface area contributed by atoms with E-state index in [-0.39, 0.29) is 10.8 Å². The van der Waals surface area contributed by atoms with Gasteiger partial charge in [-0.2, -0.15) is 4.31 Å². The van der Waals surface area contributed by atoms with Gasteiger partial charge in [0.1, 0.15) is 10.6 Å². The third kappa shape index (κ3) is 3.58. The molecule has 0 spiro atoms. The molecule has 0 saturated carbocycles. The minimum absolute atomic E-state index is 0.185. The van der Waals surface area contributed by atoms with Crippen LogP contribution in [0.15, 0.2) is 45.8 Å². The molecule has 0 bridgehead atoms. The molecule has 0 atom stereocenters. The van der Waals surface area contributed by atoms with E-state index in [9.17, 15) is 8.42 Å². The number of H-pyrrole nitrogens is 1. The lowest BCUT2D eigenvalue weighted by Gasteiger charge is -2.35. The molecule has 142 valence electrons. The molecular weight excluding hydrogens is 390 g/mol. The summed E-state index contributed by atoms with van der Waals surface area (Å²) in [6, 6.07) is 9.09. The molecule has 2 aromatic heterocycles. The van der Waals surface area contributed by atoms with Gasteiger partial charge >= 0.3 is 0 Å². The molecule has 1 aliphatic heterocycles. The number of hydrogen-bond acceptors (Lipinski definition) is 6. The van der Waals surface area contributed by atoms with Crippen molar-refractivity contribution in [2.75, 3.05) is 31.1 Å². The Hall–Kier alpha value is -2.36. The van der Waals surface area contributed by atoms with Crippen LogP contribution in [0.2, 0.25) is 5.02 Å². The third-order valence-corrected chi connectivity index (χ3v) is 6.57. The minimum Gasteiger partial charge on any atom is -0.420 e. The smallest absolute Gasteiger partial charge is 0.264 e. The van der Waals surface area contributed by atoms with E-state index in [1.54, 1.807) is 6.92 Å². The van der Waals surface area contributed by atoms with Gasteiger partial charge in [0.2, 0.25) is 15.9 Å². The average Bonchev–Trinajstić information content (AvgIpc) is 3.31. The Morgan fingerprint density at radius 1 is 1.15 bits per heavy atom. The van der Waals surface area contributed by atoms with E-state index in [4.69, 9.17) is 16.0 Å². The molecule has 8 nitrogen and oxygen atoms in total. The highest BCUT2D eigenvalue weighted by molar-refractivity contribution is 7.89. The molecule has 1 N–H and O–H groups in total. The van der Waals surface area contributed by atoms with Gasteiger partial charge in [0.05, 0.1) is 0 Å². The van der Waals surface area contributed by atoms with E-state index in [0.717, 1.165) is 5.69 Å². The third-order valence-electron chi connectivity index (χ3n) is 4.46. The molecule has 27 heavy (non-hydrogen) atoms. The Labute approximate surface area is 161 Å². The lowest BCUT2D eigenvalue weighted by atomic mass is 10.2. The van der Waals surface area contributed by atoms with Gasteiger partial charge in [0, 0.05) is 50.0 Å². The van der Waals surface area contributed by atoms with Crippen LogP contribution in [0.4, 0.5) is 5.69 Å². The number of aromatic amines is 1. The molecule has 0 unspecified atom stereocenters. The SMILES string of the molecule is Cc1nnc(-c2cc(S(=O)(=O)N3CCN(c4cccc(Cl)c4)CC3)c[nH]2)o1. The fourth-order valence-electron chi connectivity index (χ4n) is 3.06. The van der Waals surface area contributed by atoms with Gasteiger partial charge in [-0.25, -0.2) is 8.42 Å². The zero-order valence-corrected chi connectivity index (χ0v) is 16.2. The van der Waals surface area contributed by atoms with Gasteiger partial charge in [0.25, 0.3) is 5.89 Å². The maximum atomic E-state index is 12.9. The second-order valence-electron chi connectivity index (χ2n) is 6.25. The number of anilines is 1. The number of aryl methyl sites for hydroxylation is 1. The lowest BCUT2D eigenvalue weighted by molar-refractivity contribution is 0.385. The van der Waals surface area contributed by atoms with E-state index in [2.05, 4.69) is 20.1 Å². The van der Waals surface area contributed by atoms with E-state index < -0.39 is 10.0 Å². The van der Waals surface area contributed by atoms with Crippen molar-refractivity contribution >= 4 is 27.3 Å². The molecule has 0 amide bonds. The highest BCUT2D eigenvalue weighted by atomic mass is 35.5. The van der Waals surface area contributed by atoms with Crippen LogP contribution >= 0.6 is 11.6 Å². The molecular formula is C17H18ClN5O3S. The first-order valence-corrected chi connectivity index (χ1v) is 10.2. The van der Waals surface area contributed by atoms with Gasteiger partial charge in [0.15, 0.2) is 0 Å². The molecule has 1 aromatic carbocycles. The van der Waals surface area contributed by atoms with Crippen molar-refractivity contribution in [2.24, 2.45) is 0 Å². The molecule has 4 rings (SSSR count). The van der Waals surface area contributed by atoms with E-state index in [1.807, 2.05) is 24.3 Å². The maximum absolute atomic E-state index is 12.9. The average molecular weight is 408 g/mol. The lowest BCUT2D eigenvalue weighted by Crippen LogP contribution is -2.48. The van der Waals surface area contributed by atoms with Crippen LogP contribution in [0, 0.1) is 6.92 Å². The summed E-state index contributed by atoms with van der Waals surface area (Å²) in [6.07, 6.45) is 1.45. The standard InChI is InChI=1S/C17H18ClN5O3S/c1-12-20-21-17(26-12)16-10-15(11-19-16)27(24,25)23-7-5-22(6-8-23)14-4-2-3-13(18)9-14/h2-4,9-11,19H,5-8H2,1H3. The zero-order chi connectivity index (χ0) is 19.0. The van der Waals surface area contributed by atoms with E-state index in [1.165, 1.54) is 16.6 Å². The van der Waals surface area contributed by atoms with Crippen molar-refractivity contribution in [3.8, 4) is 11.6 Å². The van der Waals surface area contributed by atoms with E-state index in [0.29, 0.717) is 42.8 Å². The number of benzene rings is 1. The summed E-state index contributed by atoms with van der Waals surface area (Å²) in [4.78, 5) is 5.21. The van der Waals surface area contributed by atoms with Crippen molar-refractivity contribution in [1.29, 1.82) is 0 Å². The Morgan fingerprint density at radius 2 is 1.93 bits per heavy atom. The number of hydrogen-bond donors (Lipinski definition) is 1. The molecule has 3 heterocycles. The molecule has 1 fully saturated rings. The predicted molar refractivity (Wildman–Crippen MR) is 101 cm³/mol. The van der Waals surface area contributed by atoms with Gasteiger partial charge in [-0.05, 0) is 24.3 Å². The van der Waals surface area contributed by atoms with E-state index >= 15 is 0 Å². The fourth-order valence-corrected chi connectivity index (χ4v) is 4.66. The number of nitrogens with zero attached hydrogens (tertiary/aromatic N) is 4. The van der Waals surface area contributed by atoms with Crippen molar-refractivity contribution in [1.82, 2.24) is 19.5 Å². The van der Waals surface area contributed by atoms with Gasteiger partial charge < -0.3 is 14.3 Å². The Balaban J connectivity index is 1.48. The number of sulfonamides is 1. The molecule has 3 aromatic rings. The van der Waals surface area contributed by atoms with Crippen LogP contribution in [0.5, 0.6) is 0 Å². The summed E-state index contributed by atoms with van der Waals surface area (Å²) in [7, 11) is -3.60. The van der Waals surface area contributed by atoms with Gasteiger partial charge in [-0.1, -0.05) is 17.7 Å².